The number of allylic oxidation sites excluding steroid dienone is 4. The summed E-state index contributed by atoms with van der Waals surface area (Å²) in [6, 6.07) is 0. The smallest absolute Gasteiger partial charge is 0.306 e. The summed E-state index contributed by atoms with van der Waals surface area (Å²) in [4.78, 5) is 12.3. The summed E-state index contributed by atoms with van der Waals surface area (Å²) in [5, 5.41) is 39.6. The first-order valence-electron chi connectivity index (χ1n) is 20.9. The van der Waals surface area contributed by atoms with Crippen LogP contribution in [0.3, 0.4) is 0 Å². The average molecular weight is 727 g/mol. The minimum Gasteiger partial charge on any atom is -0.457 e. The number of esters is 1. The van der Waals surface area contributed by atoms with Crippen molar-refractivity contribution in [1.29, 1.82) is 0 Å². The normalized spacial score (nSPS) is 21.6. The minimum absolute atomic E-state index is 0.115. The van der Waals surface area contributed by atoms with Gasteiger partial charge < -0.3 is 39.4 Å². The van der Waals surface area contributed by atoms with Gasteiger partial charge in [0, 0.05) is 13.0 Å². The van der Waals surface area contributed by atoms with E-state index in [9.17, 15) is 25.2 Å². The van der Waals surface area contributed by atoms with E-state index < -0.39 is 43.4 Å². The van der Waals surface area contributed by atoms with Gasteiger partial charge in [-0.1, -0.05) is 147 Å². The van der Waals surface area contributed by atoms with Crippen molar-refractivity contribution in [2.75, 3.05) is 26.4 Å². The molecule has 1 aliphatic rings. The number of ether oxygens (including phenoxy) is 4. The SMILES string of the molecule is CCCCCCC/C=C\C/C=C\CCCCCCCCCCCCCCCCOCC(COC1OC(CO)C(O)C(O)C1O)OC(=O)CCCC. The van der Waals surface area contributed by atoms with Crippen LogP contribution < -0.4 is 0 Å². The van der Waals surface area contributed by atoms with E-state index in [4.69, 9.17) is 18.9 Å². The molecule has 51 heavy (non-hydrogen) atoms. The lowest BCUT2D eigenvalue weighted by molar-refractivity contribution is -0.305. The average Bonchev–Trinajstić information content (AvgIpc) is 3.13. The quantitative estimate of drug-likeness (QED) is 0.0288. The molecule has 300 valence electrons. The molecule has 9 nitrogen and oxygen atoms in total. The third-order valence-electron chi connectivity index (χ3n) is 9.62. The molecular formula is C42H78O9. The zero-order valence-corrected chi connectivity index (χ0v) is 32.6. The van der Waals surface area contributed by atoms with Crippen molar-refractivity contribution in [3.63, 3.8) is 0 Å². The van der Waals surface area contributed by atoms with Gasteiger partial charge in [0.05, 0.1) is 19.8 Å². The Bertz CT molecular complexity index is 833. The predicted molar refractivity (Wildman–Crippen MR) is 205 cm³/mol. The van der Waals surface area contributed by atoms with Crippen LogP contribution in [-0.2, 0) is 23.7 Å². The Hall–Kier alpha value is -1.33. The molecule has 1 aliphatic heterocycles. The molecule has 6 unspecified atom stereocenters. The van der Waals surface area contributed by atoms with Gasteiger partial charge in [-0.3, -0.25) is 4.79 Å². The fourth-order valence-electron chi connectivity index (χ4n) is 6.26. The van der Waals surface area contributed by atoms with Gasteiger partial charge in [0.2, 0.25) is 0 Å². The molecule has 1 heterocycles. The molecule has 0 aliphatic carbocycles. The van der Waals surface area contributed by atoms with Crippen LogP contribution in [0.4, 0.5) is 0 Å². The molecule has 6 atom stereocenters. The molecule has 0 aromatic rings. The number of unbranched alkanes of at least 4 members (excludes halogenated alkanes) is 20. The number of hydrogen-bond donors (Lipinski definition) is 4. The second-order valence-corrected chi connectivity index (χ2v) is 14.4. The Morgan fingerprint density at radius 2 is 1.14 bits per heavy atom. The van der Waals surface area contributed by atoms with Gasteiger partial charge >= 0.3 is 5.97 Å². The number of carbonyl (C=O) groups is 1. The van der Waals surface area contributed by atoms with Crippen molar-refractivity contribution < 1.29 is 44.2 Å². The topological polar surface area (TPSA) is 135 Å². The van der Waals surface area contributed by atoms with Crippen molar-refractivity contribution in [2.24, 2.45) is 0 Å². The molecule has 1 fully saturated rings. The van der Waals surface area contributed by atoms with Gasteiger partial charge in [0.25, 0.3) is 0 Å². The van der Waals surface area contributed by atoms with Crippen molar-refractivity contribution in [2.45, 2.75) is 211 Å². The van der Waals surface area contributed by atoms with E-state index in [-0.39, 0.29) is 19.2 Å². The van der Waals surface area contributed by atoms with Crippen molar-refractivity contribution in [3.8, 4) is 0 Å². The van der Waals surface area contributed by atoms with E-state index in [1.54, 1.807) is 0 Å². The summed E-state index contributed by atoms with van der Waals surface area (Å²) >= 11 is 0. The lowest BCUT2D eigenvalue weighted by Gasteiger charge is -2.39. The van der Waals surface area contributed by atoms with E-state index in [0.717, 1.165) is 32.1 Å². The molecule has 1 saturated heterocycles. The fraction of sp³-hybridized carbons (Fsp3) is 0.881. The van der Waals surface area contributed by atoms with E-state index in [1.807, 2.05) is 6.92 Å². The fourth-order valence-corrected chi connectivity index (χ4v) is 6.26. The predicted octanol–water partition coefficient (Wildman–Crippen LogP) is 8.64. The first kappa shape index (κ1) is 47.7. The molecule has 0 aromatic heterocycles. The van der Waals surface area contributed by atoms with Crippen LogP contribution in [0.25, 0.3) is 0 Å². The molecule has 1 rings (SSSR count). The highest BCUT2D eigenvalue weighted by molar-refractivity contribution is 5.69. The Morgan fingerprint density at radius 3 is 1.67 bits per heavy atom. The maximum absolute atomic E-state index is 12.3. The van der Waals surface area contributed by atoms with Gasteiger partial charge in [-0.25, -0.2) is 0 Å². The third-order valence-corrected chi connectivity index (χ3v) is 9.62. The summed E-state index contributed by atoms with van der Waals surface area (Å²) < 4.78 is 22.4. The van der Waals surface area contributed by atoms with Gasteiger partial charge in [-0.2, -0.15) is 0 Å². The number of rotatable bonds is 35. The van der Waals surface area contributed by atoms with Crippen LogP contribution in [0.5, 0.6) is 0 Å². The highest BCUT2D eigenvalue weighted by Gasteiger charge is 2.44. The molecule has 0 bridgehead atoms. The molecule has 0 aromatic carbocycles. The molecular weight excluding hydrogens is 648 g/mol. The van der Waals surface area contributed by atoms with E-state index in [0.29, 0.717) is 13.0 Å². The lowest BCUT2D eigenvalue weighted by atomic mass is 9.99. The molecule has 0 amide bonds. The highest BCUT2D eigenvalue weighted by atomic mass is 16.7. The minimum atomic E-state index is -1.53. The second kappa shape index (κ2) is 34.4. The highest BCUT2D eigenvalue weighted by Crippen LogP contribution is 2.22. The monoisotopic (exact) mass is 727 g/mol. The van der Waals surface area contributed by atoms with Crippen LogP contribution in [-0.4, -0.2) is 89.6 Å². The van der Waals surface area contributed by atoms with Gasteiger partial charge in [-0.15, -0.1) is 0 Å². The van der Waals surface area contributed by atoms with Crippen molar-refractivity contribution in [1.82, 2.24) is 0 Å². The number of hydrogen-bond acceptors (Lipinski definition) is 9. The molecule has 9 heteroatoms. The molecule has 0 saturated carbocycles. The number of aliphatic hydroxyl groups is 4. The number of aliphatic hydroxyl groups excluding tert-OH is 4. The first-order valence-corrected chi connectivity index (χ1v) is 20.9. The van der Waals surface area contributed by atoms with E-state index in [2.05, 4.69) is 31.2 Å². The number of carbonyl (C=O) groups excluding carboxylic acids is 1. The van der Waals surface area contributed by atoms with Crippen LogP contribution in [0.2, 0.25) is 0 Å². The van der Waals surface area contributed by atoms with Gasteiger partial charge in [0.15, 0.2) is 6.29 Å². The summed E-state index contributed by atoms with van der Waals surface area (Å²) in [7, 11) is 0. The summed E-state index contributed by atoms with van der Waals surface area (Å²) in [5.74, 6) is -0.348. The van der Waals surface area contributed by atoms with Crippen LogP contribution in [0.1, 0.15) is 174 Å². The van der Waals surface area contributed by atoms with Gasteiger partial charge in [0.1, 0.15) is 30.5 Å². The van der Waals surface area contributed by atoms with Crippen LogP contribution in [0, 0.1) is 0 Å². The summed E-state index contributed by atoms with van der Waals surface area (Å²) in [5.41, 5.74) is 0. The van der Waals surface area contributed by atoms with Crippen LogP contribution in [0.15, 0.2) is 24.3 Å². The molecule has 4 N–H and O–H groups in total. The zero-order valence-electron chi connectivity index (χ0n) is 32.6. The second-order valence-electron chi connectivity index (χ2n) is 14.4. The van der Waals surface area contributed by atoms with E-state index >= 15 is 0 Å². The zero-order chi connectivity index (χ0) is 37.2. The molecule has 0 radical (unpaired) electrons. The Morgan fingerprint density at radius 1 is 0.627 bits per heavy atom. The maximum Gasteiger partial charge on any atom is 0.306 e. The maximum atomic E-state index is 12.3. The largest absolute Gasteiger partial charge is 0.457 e. The Labute approximate surface area is 311 Å². The Balaban J connectivity index is 2.00. The first-order chi connectivity index (χ1) is 24.9. The summed E-state index contributed by atoms with van der Waals surface area (Å²) in [6.07, 6.45) is 32.0. The van der Waals surface area contributed by atoms with E-state index in [1.165, 1.54) is 122 Å². The third kappa shape index (κ3) is 26.1. The lowest BCUT2D eigenvalue weighted by Crippen LogP contribution is -2.59. The Kier molecular flexibility index (Phi) is 32.2. The molecule has 0 spiro atoms. The van der Waals surface area contributed by atoms with Crippen molar-refractivity contribution >= 4 is 5.97 Å². The standard InChI is InChI=1S/C42H78O9/c1-3-5-7-8-9-10-11-12-13-14-15-16-17-18-19-20-21-22-23-24-25-26-27-28-29-30-32-48-34-36(50-38(44)31-6-4-2)35-49-42-41(47)40(46)39(45)37(33-43)51-42/h11-12,14-15,36-37,39-43,45-47H,3-10,13,16-35H2,1-2H3/b12-11-,15-14-. The van der Waals surface area contributed by atoms with Crippen molar-refractivity contribution in [3.05, 3.63) is 24.3 Å². The van der Waals surface area contributed by atoms with Gasteiger partial charge in [-0.05, 0) is 44.9 Å². The van der Waals surface area contributed by atoms with Crippen LogP contribution >= 0.6 is 0 Å². The summed E-state index contributed by atoms with van der Waals surface area (Å²) in [6.45, 7) is 4.30.